The van der Waals surface area contributed by atoms with Crippen LogP contribution in [0.5, 0.6) is 0 Å². The van der Waals surface area contributed by atoms with E-state index < -0.39 is 15.3 Å². The molecule has 30 heavy (non-hydrogen) atoms. The number of carbonyl (C=O) groups is 1. The summed E-state index contributed by atoms with van der Waals surface area (Å²) in [4.78, 5) is 19.6. The summed E-state index contributed by atoms with van der Waals surface area (Å²) in [6.45, 7) is 3.34. The van der Waals surface area contributed by atoms with E-state index in [1.807, 2.05) is 35.2 Å². The second kappa shape index (κ2) is 9.47. The lowest BCUT2D eigenvalue weighted by Gasteiger charge is -2.30. The fraction of sp³-hybridized carbons (Fsp3) is 0.429. The zero-order valence-corrected chi connectivity index (χ0v) is 18.3. The second-order valence-electron chi connectivity index (χ2n) is 7.29. The summed E-state index contributed by atoms with van der Waals surface area (Å²) >= 11 is 1.34. The molecule has 1 aromatic heterocycles. The molecule has 0 aliphatic carbocycles. The molecular formula is C21H25N3O4S2. The van der Waals surface area contributed by atoms with Crippen LogP contribution >= 0.6 is 11.8 Å². The molecule has 9 heteroatoms. The lowest BCUT2D eigenvalue weighted by Crippen LogP contribution is -2.42. The first-order valence-corrected chi connectivity index (χ1v) is 12.4. The van der Waals surface area contributed by atoms with Gasteiger partial charge in [-0.1, -0.05) is 42.1 Å². The second-order valence-corrected chi connectivity index (χ2v) is 10.4. The molecule has 4 rings (SSSR count). The minimum atomic E-state index is -3.50. The van der Waals surface area contributed by atoms with E-state index in [4.69, 9.17) is 4.74 Å². The van der Waals surface area contributed by atoms with Gasteiger partial charge in [-0.05, 0) is 30.5 Å². The quantitative estimate of drug-likeness (QED) is 0.633. The van der Waals surface area contributed by atoms with Crippen LogP contribution in [0.25, 0.3) is 0 Å². The van der Waals surface area contributed by atoms with Gasteiger partial charge in [0.2, 0.25) is 15.9 Å². The van der Waals surface area contributed by atoms with E-state index in [-0.39, 0.29) is 10.8 Å². The molecule has 3 heterocycles. The average molecular weight is 448 g/mol. The summed E-state index contributed by atoms with van der Waals surface area (Å²) in [7, 11) is -3.50. The Bertz CT molecular complexity index is 956. The number of ether oxygens (including phenoxy) is 1. The van der Waals surface area contributed by atoms with Crippen molar-refractivity contribution in [2.45, 2.75) is 28.0 Å². The smallest absolute Gasteiger partial charge is 0.244 e. The van der Waals surface area contributed by atoms with Gasteiger partial charge in [0.25, 0.3) is 0 Å². The van der Waals surface area contributed by atoms with E-state index >= 15 is 0 Å². The Morgan fingerprint density at radius 1 is 1.00 bits per heavy atom. The van der Waals surface area contributed by atoms with E-state index in [2.05, 4.69) is 4.98 Å². The molecule has 0 spiro atoms. The molecule has 0 unspecified atom stereocenters. The molecule has 160 valence electrons. The maximum absolute atomic E-state index is 13.2. The Morgan fingerprint density at radius 2 is 1.70 bits per heavy atom. The van der Waals surface area contributed by atoms with Crippen LogP contribution in [0.3, 0.4) is 0 Å². The van der Waals surface area contributed by atoms with Crippen LogP contribution in [-0.4, -0.2) is 67.9 Å². The number of benzene rings is 1. The zero-order chi connectivity index (χ0) is 21.0. The van der Waals surface area contributed by atoms with Gasteiger partial charge in [-0.3, -0.25) is 4.79 Å². The molecule has 1 amide bonds. The van der Waals surface area contributed by atoms with Crippen LogP contribution in [0.1, 0.15) is 23.7 Å². The molecule has 2 saturated heterocycles. The third-order valence-electron chi connectivity index (χ3n) is 5.30. The lowest BCUT2D eigenvalue weighted by atomic mass is 10.1. The number of nitrogens with zero attached hydrogens (tertiary/aromatic N) is 3. The van der Waals surface area contributed by atoms with Crippen molar-refractivity contribution >= 4 is 27.7 Å². The average Bonchev–Trinajstić information content (AvgIpc) is 3.35. The Labute approximate surface area is 181 Å². The van der Waals surface area contributed by atoms with Crippen molar-refractivity contribution in [3.8, 4) is 0 Å². The zero-order valence-electron chi connectivity index (χ0n) is 16.6. The number of aromatic nitrogens is 1. The fourth-order valence-electron chi connectivity index (χ4n) is 3.63. The van der Waals surface area contributed by atoms with E-state index in [0.29, 0.717) is 44.4 Å². The summed E-state index contributed by atoms with van der Waals surface area (Å²) in [5.74, 6) is 0.0186. The topological polar surface area (TPSA) is 79.8 Å². The maximum Gasteiger partial charge on any atom is 0.244 e. The molecule has 1 atom stereocenters. The number of amides is 1. The molecule has 7 nitrogen and oxygen atoms in total. The molecule has 2 aliphatic rings. The number of hydrogen-bond acceptors (Lipinski definition) is 6. The molecule has 2 fully saturated rings. The predicted molar refractivity (Wildman–Crippen MR) is 115 cm³/mol. The van der Waals surface area contributed by atoms with E-state index in [0.717, 1.165) is 18.4 Å². The molecule has 2 aliphatic heterocycles. The first-order chi connectivity index (χ1) is 14.6. The third-order valence-corrected chi connectivity index (χ3v) is 8.37. The number of hydrogen-bond donors (Lipinski definition) is 0. The van der Waals surface area contributed by atoms with Crippen LogP contribution in [0.2, 0.25) is 0 Å². The highest BCUT2D eigenvalue weighted by Gasteiger charge is 2.30. The molecule has 0 N–H and O–H groups in total. The molecule has 0 saturated carbocycles. The van der Waals surface area contributed by atoms with Gasteiger partial charge in [-0.25, -0.2) is 13.4 Å². The number of pyridine rings is 1. The Balaban J connectivity index is 1.54. The molecule has 1 aromatic carbocycles. The summed E-state index contributed by atoms with van der Waals surface area (Å²) in [6.07, 6.45) is 3.18. The highest BCUT2D eigenvalue weighted by Crippen LogP contribution is 2.36. The summed E-state index contributed by atoms with van der Waals surface area (Å²) in [5, 5.41) is 0.170. The van der Waals surface area contributed by atoms with Gasteiger partial charge < -0.3 is 9.64 Å². The van der Waals surface area contributed by atoms with Gasteiger partial charge in [0, 0.05) is 32.4 Å². The first-order valence-electron chi connectivity index (χ1n) is 10.1. The Kier molecular flexibility index (Phi) is 6.72. The minimum absolute atomic E-state index is 0.0186. The summed E-state index contributed by atoms with van der Waals surface area (Å²) < 4.78 is 32.3. The van der Waals surface area contributed by atoms with Gasteiger partial charge in [0.15, 0.2) is 0 Å². The largest absolute Gasteiger partial charge is 0.378 e. The van der Waals surface area contributed by atoms with Gasteiger partial charge in [-0.2, -0.15) is 4.31 Å². The fourth-order valence-corrected chi connectivity index (χ4v) is 6.13. The highest BCUT2D eigenvalue weighted by molar-refractivity contribution is 8.00. The molecule has 0 radical (unpaired) electrons. The van der Waals surface area contributed by atoms with Crippen LogP contribution < -0.4 is 0 Å². The van der Waals surface area contributed by atoms with Crippen molar-refractivity contribution in [2.24, 2.45) is 0 Å². The molecular weight excluding hydrogens is 422 g/mol. The van der Waals surface area contributed by atoms with E-state index in [1.54, 1.807) is 12.1 Å². The maximum atomic E-state index is 13.2. The minimum Gasteiger partial charge on any atom is -0.378 e. The molecule has 0 bridgehead atoms. The van der Waals surface area contributed by atoms with Crippen LogP contribution in [0.15, 0.2) is 58.6 Å². The normalized spacial score (nSPS) is 19.0. The molecule has 2 aromatic rings. The lowest BCUT2D eigenvalue weighted by molar-refractivity contribution is -0.134. The first kappa shape index (κ1) is 21.3. The van der Waals surface area contributed by atoms with Gasteiger partial charge in [0.05, 0.1) is 18.2 Å². The Hall–Kier alpha value is -1.94. The summed E-state index contributed by atoms with van der Waals surface area (Å²) in [5.41, 5.74) is 0.898. The number of thioether (sulfide) groups is 1. The third kappa shape index (κ3) is 4.69. The number of rotatable bonds is 6. The number of carbonyl (C=O) groups excluding carboxylic acids is 1. The van der Waals surface area contributed by atoms with Crippen molar-refractivity contribution in [1.29, 1.82) is 0 Å². The van der Waals surface area contributed by atoms with Crippen LogP contribution in [-0.2, 0) is 19.6 Å². The number of sulfonamides is 1. The van der Waals surface area contributed by atoms with Crippen molar-refractivity contribution < 1.29 is 17.9 Å². The van der Waals surface area contributed by atoms with E-state index in [1.165, 1.54) is 22.3 Å². The standard InChI is InChI=1S/C21H25N3O4S2/c25-21(23-12-14-28-15-13-23)20(17-6-2-1-3-7-17)29-19-9-8-18(16-22-19)30(26,27)24-10-4-5-11-24/h1-3,6-9,16,20H,4-5,10-15H2/t20-/m1/s1. The van der Waals surface area contributed by atoms with Crippen molar-refractivity contribution in [3.63, 3.8) is 0 Å². The highest BCUT2D eigenvalue weighted by atomic mass is 32.2. The predicted octanol–water partition coefficient (Wildman–Crippen LogP) is 2.56. The van der Waals surface area contributed by atoms with Gasteiger partial charge in [-0.15, -0.1) is 0 Å². The van der Waals surface area contributed by atoms with Crippen LogP contribution in [0.4, 0.5) is 0 Å². The monoisotopic (exact) mass is 447 g/mol. The Morgan fingerprint density at radius 3 is 2.33 bits per heavy atom. The van der Waals surface area contributed by atoms with E-state index in [9.17, 15) is 13.2 Å². The van der Waals surface area contributed by atoms with Gasteiger partial charge >= 0.3 is 0 Å². The van der Waals surface area contributed by atoms with Crippen molar-refractivity contribution in [1.82, 2.24) is 14.2 Å². The van der Waals surface area contributed by atoms with Crippen LogP contribution in [0, 0.1) is 0 Å². The SMILES string of the molecule is O=C([C@H](Sc1ccc(S(=O)(=O)N2CCCC2)cn1)c1ccccc1)N1CCOCC1. The number of morpholine rings is 1. The summed E-state index contributed by atoms with van der Waals surface area (Å²) in [6, 6.07) is 12.9. The van der Waals surface area contributed by atoms with Crippen molar-refractivity contribution in [3.05, 3.63) is 54.2 Å². The van der Waals surface area contributed by atoms with Gasteiger partial charge in [0.1, 0.15) is 10.1 Å². The van der Waals surface area contributed by atoms with Crippen molar-refractivity contribution in [2.75, 3.05) is 39.4 Å².